The Morgan fingerprint density at radius 2 is 1.82 bits per heavy atom. The average Bonchev–Trinajstić information content (AvgIpc) is 2.00. The van der Waals surface area contributed by atoms with Crippen molar-refractivity contribution in [2.45, 2.75) is 26.2 Å². The standard InChI is InChI=1S/C7H18N2O2/c1-3-8-5-6(10)7(11)9-4-2/h6-11H,3-5H2,1-2H3. The number of hydrogen-bond acceptors (Lipinski definition) is 4. The summed E-state index contributed by atoms with van der Waals surface area (Å²) in [6, 6.07) is 0. The fraction of sp³-hybridized carbons (Fsp3) is 1.00. The molecule has 4 nitrogen and oxygen atoms in total. The second kappa shape index (κ2) is 6.54. The number of aliphatic hydroxyl groups excluding tert-OH is 2. The van der Waals surface area contributed by atoms with Crippen LogP contribution < -0.4 is 10.6 Å². The van der Waals surface area contributed by atoms with E-state index in [1.54, 1.807) is 0 Å². The van der Waals surface area contributed by atoms with Gasteiger partial charge in [0.05, 0.1) is 0 Å². The molecule has 0 aliphatic carbocycles. The van der Waals surface area contributed by atoms with E-state index in [1.807, 2.05) is 13.8 Å². The topological polar surface area (TPSA) is 64.5 Å². The minimum atomic E-state index is -0.820. The first-order valence-corrected chi connectivity index (χ1v) is 4.02. The van der Waals surface area contributed by atoms with Gasteiger partial charge in [0.25, 0.3) is 0 Å². The second-order valence-electron chi connectivity index (χ2n) is 2.38. The van der Waals surface area contributed by atoms with E-state index in [2.05, 4.69) is 10.6 Å². The van der Waals surface area contributed by atoms with Gasteiger partial charge in [0, 0.05) is 6.54 Å². The van der Waals surface area contributed by atoms with Crippen LogP contribution in [0.5, 0.6) is 0 Å². The highest BCUT2D eigenvalue weighted by molar-refractivity contribution is 4.66. The number of aliphatic hydroxyl groups is 2. The lowest BCUT2D eigenvalue weighted by Crippen LogP contribution is -2.44. The van der Waals surface area contributed by atoms with E-state index < -0.39 is 12.3 Å². The van der Waals surface area contributed by atoms with E-state index in [1.165, 1.54) is 0 Å². The normalized spacial score (nSPS) is 16.4. The van der Waals surface area contributed by atoms with Gasteiger partial charge in [-0.1, -0.05) is 13.8 Å². The van der Waals surface area contributed by atoms with Gasteiger partial charge in [-0.15, -0.1) is 0 Å². The molecule has 68 valence electrons. The van der Waals surface area contributed by atoms with Crippen molar-refractivity contribution < 1.29 is 10.2 Å². The Balaban J connectivity index is 3.38. The first-order valence-electron chi connectivity index (χ1n) is 4.02. The Morgan fingerprint density at radius 1 is 1.18 bits per heavy atom. The molecule has 4 N–H and O–H groups in total. The molecule has 0 fully saturated rings. The van der Waals surface area contributed by atoms with Crippen LogP contribution >= 0.6 is 0 Å². The molecule has 0 aromatic rings. The van der Waals surface area contributed by atoms with E-state index in [-0.39, 0.29) is 0 Å². The molecule has 0 bridgehead atoms. The highest BCUT2D eigenvalue weighted by atomic mass is 16.3. The Morgan fingerprint density at radius 3 is 2.27 bits per heavy atom. The van der Waals surface area contributed by atoms with Crippen LogP contribution in [0.3, 0.4) is 0 Å². The van der Waals surface area contributed by atoms with Crippen LogP contribution in [0.15, 0.2) is 0 Å². The van der Waals surface area contributed by atoms with E-state index >= 15 is 0 Å². The lowest BCUT2D eigenvalue weighted by molar-refractivity contribution is 0.000779. The molecule has 0 amide bonds. The van der Waals surface area contributed by atoms with Gasteiger partial charge in [0.15, 0.2) is 0 Å². The molecule has 0 radical (unpaired) electrons. The molecular formula is C7H18N2O2. The number of likely N-dealkylation sites (N-methyl/N-ethyl adjacent to an activating group) is 2. The third kappa shape index (κ3) is 5.15. The van der Waals surface area contributed by atoms with Crippen LogP contribution in [0.2, 0.25) is 0 Å². The third-order valence-electron chi connectivity index (χ3n) is 1.38. The molecular weight excluding hydrogens is 144 g/mol. The zero-order chi connectivity index (χ0) is 8.69. The minimum absolute atomic E-state index is 0.421. The van der Waals surface area contributed by atoms with Crippen molar-refractivity contribution in [3.63, 3.8) is 0 Å². The monoisotopic (exact) mass is 162 g/mol. The zero-order valence-electron chi connectivity index (χ0n) is 7.17. The summed E-state index contributed by atoms with van der Waals surface area (Å²) >= 11 is 0. The second-order valence-corrected chi connectivity index (χ2v) is 2.38. The van der Waals surface area contributed by atoms with Crippen LogP contribution in [0.4, 0.5) is 0 Å². The van der Waals surface area contributed by atoms with Gasteiger partial charge in [-0.2, -0.15) is 0 Å². The smallest absolute Gasteiger partial charge is 0.132 e. The molecule has 0 spiro atoms. The summed E-state index contributed by atoms with van der Waals surface area (Å²) in [5, 5.41) is 24.0. The summed E-state index contributed by atoms with van der Waals surface area (Å²) in [5.41, 5.74) is 0. The molecule has 11 heavy (non-hydrogen) atoms. The first kappa shape index (κ1) is 10.8. The minimum Gasteiger partial charge on any atom is -0.388 e. The first-order chi connectivity index (χ1) is 5.22. The summed E-state index contributed by atoms with van der Waals surface area (Å²) in [7, 11) is 0. The number of rotatable bonds is 6. The van der Waals surface area contributed by atoms with Gasteiger partial charge in [0.1, 0.15) is 12.3 Å². The largest absolute Gasteiger partial charge is 0.388 e. The average molecular weight is 162 g/mol. The fourth-order valence-electron chi connectivity index (χ4n) is 0.749. The summed E-state index contributed by atoms with van der Waals surface area (Å²) in [6.07, 6.45) is -1.55. The van der Waals surface area contributed by atoms with E-state index in [4.69, 9.17) is 5.11 Å². The van der Waals surface area contributed by atoms with Crippen molar-refractivity contribution in [3.05, 3.63) is 0 Å². The van der Waals surface area contributed by atoms with Gasteiger partial charge < -0.3 is 15.5 Å². The van der Waals surface area contributed by atoms with Crippen LogP contribution in [0, 0.1) is 0 Å². The molecule has 2 unspecified atom stereocenters. The van der Waals surface area contributed by atoms with Gasteiger partial charge in [-0.3, -0.25) is 5.32 Å². The van der Waals surface area contributed by atoms with Crippen molar-refractivity contribution in [3.8, 4) is 0 Å². The van der Waals surface area contributed by atoms with Crippen molar-refractivity contribution in [2.24, 2.45) is 0 Å². The van der Waals surface area contributed by atoms with E-state index in [0.717, 1.165) is 6.54 Å². The summed E-state index contributed by atoms with van der Waals surface area (Å²) < 4.78 is 0. The fourth-order valence-corrected chi connectivity index (χ4v) is 0.749. The van der Waals surface area contributed by atoms with Crippen molar-refractivity contribution in [2.75, 3.05) is 19.6 Å². The number of nitrogens with one attached hydrogen (secondary N) is 2. The molecule has 0 aromatic carbocycles. The number of hydrogen-bond donors (Lipinski definition) is 4. The van der Waals surface area contributed by atoms with Gasteiger partial charge in [0.2, 0.25) is 0 Å². The lowest BCUT2D eigenvalue weighted by atomic mass is 10.3. The molecule has 0 heterocycles. The Bertz CT molecular complexity index is 90.5. The molecule has 0 saturated heterocycles. The van der Waals surface area contributed by atoms with Crippen LogP contribution in [-0.2, 0) is 0 Å². The predicted molar refractivity (Wildman–Crippen MR) is 44.2 cm³/mol. The zero-order valence-corrected chi connectivity index (χ0v) is 7.17. The third-order valence-corrected chi connectivity index (χ3v) is 1.38. The quantitative estimate of drug-likeness (QED) is 0.374. The molecule has 4 heteroatoms. The Labute approximate surface area is 67.6 Å². The summed E-state index contributed by atoms with van der Waals surface area (Å²) in [6.45, 7) is 5.71. The van der Waals surface area contributed by atoms with Crippen molar-refractivity contribution in [1.82, 2.24) is 10.6 Å². The molecule has 0 aliphatic heterocycles. The van der Waals surface area contributed by atoms with Crippen molar-refractivity contribution >= 4 is 0 Å². The van der Waals surface area contributed by atoms with Gasteiger partial charge in [-0.05, 0) is 13.1 Å². The van der Waals surface area contributed by atoms with Crippen LogP contribution in [-0.4, -0.2) is 42.2 Å². The van der Waals surface area contributed by atoms with Gasteiger partial charge >= 0.3 is 0 Å². The molecule has 0 saturated carbocycles. The summed E-state index contributed by atoms with van der Waals surface area (Å²) in [4.78, 5) is 0. The maximum absolute atomic E-state index is 9.20. The molecule has 0 aliphatic rings. The Hall–Kier alpha value is -0.160. The highest BCUT2D eigenvalue weighted by Gasteiger charge is 2.12. The SMILES string of the molecule is CCNCC(O)C(O)NCC. The van der Waals surface area contributed by atoms with E-state index in [0.29, 0.717) is 13.1 Å². The molecule has 0 aromatic heterocycles. The van der Waals surface area contributed by atoms with Gasteiger partial charge in [-0.25, -0.2) is 0 Å². The van der Waals surface area contributed by atoms with Crippen LogP contribution in [0.1, 0.15) is 13.8 Å². The molecule has 2 atom stereocenters. The predicted octanol–water partition coefficient (Wildman–Crippen LogP) is -1.12. The lowest BCUT2D eigenvalue weighted by Gasteiger charge is -2.18. The maximum atomic E-state index is 9.20. The van der Waals surface area contributed by atoms with Crippen molar-refractivity contribution in [1.29, 1.82) is 0 Å². The highest BCUT2D eigenvalue weighted by Crippen LogP contribution is 1.86. The molecule has 0 rings (SSSR count). The van der Waals surface area contributed by atoms with E-state index in [9.17, 15) is 5.11 Å². The van der Waals surface area contributed by atoms with Crippen LogP contribution in [0.25, 0.3) is 0 Å². The maximum Gasteiger partial charge on any atom is 0.132 e. The summed E-state index contributed by atoms with van der Waals surface area (Å²) in [5.74, 6) is 0. The Kier molecular flexibility index (Phi) is 6.45.